The molecular weight excluding hydrogens is 298 g/mol. The lowest BCUT2D eigenvalue weighted by molar-refractivity contribution is 0.163. The summed E-state index contributed by atoms with van der Waals surface area (Å²) in [5.74, 6) is 2.03. The second-order valence-corrected chi connectivity index (χ2v) is 5.96. The van der Waals surface area contributed by atoms with E-state index in [2.05, 4.69) is 35.3 Å². The monoisotopic (exact) mass is 317 g/mol. The van der Waals surface area contributed by atoms with Gasteiger partial charge in [0.1, 0.15) is 17.6 Å². The summed E-state index contributed by atoms with van der Waals surface area (Å²) in [6, 6.07) is 22.6. The molecule has 0 spiro atoms. The fourth-order valence-corrected chi connectivity index (χ4v) is 3.32. The zero-order chi connectivity index (χ0) is 16.4. The first-order chi connectivity index (χ1) is 11.8. The van der Waals surface area contributed by atoms with Crippen LogP contribution in [0.15, 0.2) is 72.9 Å². The molecule has 120 valence electrons. The Hall–Kier alpha value is -2.81. The van der Waals surface area contributed by atoms with E-state index in [9.17, 15) is 0 Å². The summed E-state index contributed by atoms with van der Waals surface area (Å²) in [5, 5.41) is 0. The molecule has 0 fully saturated rings. The van der Waals surface area contributed by atoms with Crippen molar-refractivity contribution in [3.8, 4) is 11.5 Å². The number of aromatic nitrogens is 1. The summed E-state index contributed by atoms with van der Waals surface area (Å²) in [4.78, 5) is 4.49. The summed E-state index contributed by atoms with van der Waals surface area (Å²) in [6.45, 7) is 0. The highest BCUT2D eigenvalue weighted by molar-refractivity contribution is 5.48. The van der Waals surface area contributed by atoms with Gasteiger partial charge in [-0.2, -0.15) is 0 Å². The third-order valence-electron chi connectivity index (χ3n) is 4.53. The zero-order valence-electron chi connectivity index (χ0n) is 13.6. The maximum atomic E-state index is 6.25. The number of pyridine rings is 1. The van der Waals surface area contributed by atoms with Crippen LogP contribution >= 0.6 is 0 Å². The summed E-state index contributed by atoms with van der Waals surface area (Å²) in [7, 11) is 1.69. The number of ether oxygens (including phenoxy) is 2. The molecule has 0 saturated carbocycles. The van der Waals surface area contributed by atoms with Crippen LogP contribution in [-0.4, -0.2) is 12.1 Å². The van der Waals surface area contributed by atoms with Crippen molar-refractivity contribution in [1.29, 1.82) is 0 Å². The van der Waals surface area contributed by atoms with Gasteiger partial charge in [0.15, 0.2) is 0 Å². The average molecular weight is 317 g/mol. The van der Waals surface area contributed by atoms with Crippen molar-refractivity contribution in [2.24, 2.45) is 0 Å². The first-order valence-electron chi connectivity index (χ1n) is 8.15. The fraction of sp³-hybridized carbons (Fsp3) is 0.190. The van der Waals surface area contributed by atoms with Crippen LogP contribution < -0.4 is 9.47 Å². The molecule has 24 heavy (non-hydrogen) atoms. The van der Waals surface area contributed by atoms with Crippen LogP contribution in [0.2, 0.25) is 0 Å². The molecule has 0 amide bonds. The Morgan fingerprint density at radius 2 is 1.83 bits per heavy atom. The van der Waals surface area contributed by atoms with E-state index in [0.29, 0.717) is 0 Å². The molecule has 3 heteroatoms. The Morgan fingerprint density at radius 3 is 2.58 bits per heavy atom. The van der Waals surface area contributed by atoms with E-state index < -0.39 is 0 Å². The number of hydrogen-bond donors (Lipinski definition) is 0. The van der Waals surface area contributed by atoms with Crippen LogP contribution in [0.4, 0.5) is 0 Å². The van der Waals surface area contributed by atoms with Crippen LogP contribution in [0, 0.1) is 0 Å². The average Bonchev–Trinajstić information content (AvgIpc) is 2.68. The van der Waals surface area contributed by atoms with Crippen LogP contribution in [0.5, 0.6) is 11.5 Å². The molecule has 0 saturated heterocycles. The van der Waals surface area contributed by atoms with Crippen LogP contribution in [0.3, 0.4) is 0 Å². The van der Waals surface area contributed by atoms with E-state index in [1.807, 2.05) is 42.6 Å². The molecule has 2 heterocycles. The topological polar surface area (TPSA) is 31.4 Å². The normalized spacial score (nSPS) is 19.2. The molecule has 3 aromatic rings. The molecular formula is C21H19NO2. The lowest BCUT2D eigenvalue weighted by Crippen LogP contribution is -2.20. The second kappa shape index (κ2) is 6.36. The Labute approximate surface area is 141 Å². The summed E-state index contributed by atoms with van der Waals surface area (Å²) in [5.41, 5.74) is 3.43. The van der Waals surface area contributed by atoms with Crippen molar-refractivity contribution in [2.75, 3.05) is 7.11 Å². The molecule has 2 atom stereocenters. The van der Waals surface area contributed by atoms with Crippen molar-refractivity contribution in [3.63, 3.8) is 0 Å². The quantitative estimate of drug-likeness (QED) is 0.699. The van der Waals surface area contributed by atoms with Crippen LogP contribution in [-0.2, 0) is 0 Å². The van der Waals surface area contributed by atoms with Gasteiger partial charge in [0.05, 0.1) is 12.8 Å². The largest absolute Gasteiger partial charge is 0.497 e. The van der Waals surface area contributed by atoms with E-state index in [0.717, 1.165) is 23.6 Å². The summed E-state index contributed by atoms with van der Waals surface area (Å²) < 4.78 is 11.7. The van der Waals surface area contributed by atoms with Gasteiger partial charge in [0, 0.05) is 24.1 Å². The molecule has 3 nitrogen and oxygen atoms in total. The predicted octanol–water partition coefficient (Wildman–Crippen LogP) is 4.75. The molecule has 0 N–H and O–H groups in total. The van der Waals surface area contributed by atoms with E-state index in [-0.39, 0.29) is 12.0 Å². The van der Waals surface area contributed by atoms with E-state index >= 15 is 0 Å². The number of rotatable bonds is 3. The van der Waals surface area contributed by atoms with Gasteiger partial charge in [0.25, 0.3) is 0 Å². The Kier molecular flexibility index (Phi) is 3.91. The minimum atomic E-state index is -0.0442. The third-order valence-corrected chi connectivity index (χ3v) is 4.53. The molecule has 0 radical (unpaired) electrons. The SMILES string of the molecule is COc1ccc2c(c1)[C@@H](c1ccccc1)C[C@@H](c1ccccn1)O2. The van der Waals surface area contributed by atoms with E-state index in [1.165, 1.54) is 11.1 Å². The summed E-state index contributed by atoms with van der Waals surface area (Å²) >= 11 is 0. The lowest BCUT2D eigenvalue weighted by Gasteiger charge is -2.32. The number of methoxy groups -OCH3 is 1. The Bertz CT molecular complexity index is 818. The maximum absolute atomic E-state index is 6.25. The van der Waals surface area contributed by atoms with Crippen molar-refractivity contribution in [2.45, 2.75) is 18.4 Å². The fourth-order valence-electron chi connectivity index (χ4n) is 3.32. The Morgan fingerprint density at radius 1 is 1.00 bits per heavy atom. The first-order valence-corrected chi connectivity index (χ1v) is 8.15. The number of benzene rings is 2. The molecule has 4 rings (SSSR count). The van der Waals surface area contributed by atoms with Gasteiger partial charge in [0.2, 0.25) is 0 Å². The van der Waals surface area contributed by atoms with Gasteiger partial charge in [-0.3, -0.25) is 4.98 Å². The van der Waals surface area contributed by atoms with Gasteiger partial charge in [-0.1, -0.05) is 36.4 Å². The van der Waals surface area contributed by atoms with Gasteiger partial charge in [-0.15, -0.1) is 0 Å². The third kappa shape index (κ3) is 2.73. The highest BCUT2D eigenvalue weighted by atomic mass is 16.5. The van der Waals surface area contributed by atoms with Crippen molar-refractivity contribution in [3.05, 3.63) is 89.7 Å². The van der Waals surface area contributed by atoms with Crippen molar-refractivity contribution < 1.29 is 9.47 Å². The highest BCUT2D eigenvalue weighted by Crippen LogP contribution is 2.45. The molecule has 0 aliphatic carbocycles. The molecule has 1 aliphatic heterocycles. The summed E-state index contributed by atoms with van der Waals surface area (Å²) in [6.07, 6.45) is 2.64. The van der Waals surface area contributed by atoms with E-state index in [4.69, 9.17) is 9.47 Å². The second-order valence-electron chi connectivity index (χ2n) is 5.96. The standard InChI is InChI=1S/C21H19NO2/c1-23-16-10-11-20-18(13-16)17(15-7-3-2-4-8-15)14-21(24-20)19-9-5-6-12-22-19/h2-13,17,21H,14H2,1H3/t17-,21+/m1/s1. The lowest BCUT2D eigenvalue weighted by atomic mass is 9.83. The number of fused-ring (bicyclic) bond motifs is 1. The number of nitrogens with zero attached hydrogens (tertiary/aromatic N) is 1. The van der Waals surface area contributed by atoms with Gasteiger partial charge >= 0.3 is 0 Å². The molecule has 0 bridgehead atoms. The van der Waals surface area contributed by atoms with Crippen molar-refractivity contribution >= 4 is 0 Å². The van der Waals surface area contributed by atoms with Crippen molar-refractivity contribution in [1.82, 2.24) is 4.98 Å². The van der Waals surface area contributed by atoms with Crippen LogP contribution in [0.25, 0.3) is 0 Å². The first kappa shape index (κ1) is 14.8. The molecule has 2 aromatic carbocycles. The van der Waals surface area contributed by atoms with E-state index in [1.54, 1.807) is 7.11 Å². The Balaban J connectivity index is 1.79. The van der Waals surface area contributed by atoms with Crippen LogP contribution in [0.1, 0.15) is 35.3 Å². The smallest absolute Gasteiger partial charge is 0.141 e. The predicted molar refractivity (Wildman–Crippen MR) is 93.5 cm³/mol. The number of hydrogen-bond acceptors (Lipinski definition) is 3. The molecule has 0 unspecified atom stereocenters. The minimum absolute atomic E-state index is 0.0442. The van der Waals surface area contributed by atoms with Gasteiger partial charge in [-0.05, 0) is 35.9 Å². The zero-order valence-corrected chi connectivity index (χ0v) is 13.6. The molecule has 1 aromatic heterocycles. The molecule has 1 aliphatic rings. The minimum Gasteiger partial charge on any atom is -0.497 e. The van der Waals surface area contributed by atoms with Gasteiger partial charge < -0.3 is 9.47 Å². The maximum Gasteiger partial charge on any atom is 0.141 e. The van der Waals surface area contributed by atoms with Gasteiger partial charge in [-0.25, -0.2) is 0 Å². The highest BCUT2D eigenvalue weighted by Gasteiger charge is 2.31.